The number of piperazine rings is 1. The number of esters is 1. The SMILES string of the molecule is COC(=O)c1cc(-c2ccc(N3CCN(C(=O)OC(C)(C)C)CC3)cc2)cc(-n2cc(-c3ccc(C)cc3)nn2)c1. The van der Waals surface area contributed by atoms with Crippen LogP contribution < -0.4 is 4.90 Å². The van der Waals surface area contributed by atoms with Gasteiger partial charge in [0.25, 0.3) is 0 Å². The van der Waals surface area contributed by atoms with Crippen LogP contribution >= 0.6 is 0 Å². The maximum absolute atomic E-state index is 12.5. The monoisotopic (exact) mass is 553 g/mol. The number of aryl methyl sites for hydroxylation is 1. The minimum absolute atomic E-state index is 0.271. The number of nitrogens with zero attached hydrogens (tertiary/aromatic N) is 5. The summed E-state index contributed by atoms with van der Waals surface area (Å²) in [5, 5.41) is 8.68. The van der Waals surface area contributed by atoms with E-state index in [2.05, 4.69) is 27.3 Å². The molecule has 1 aliphatic rings. The first-order valence-corrected chi connectivity index (χ1v) is 13.7. The number of anilines is 1. The molecule has 41 heavy (non-hydrogen) atoms. The Kier molecular flexibility index (Phi) is 7.79. The average molecular weight is 554 g/mol. The van der Waals surface area contributed by atoms with Crippen molar-refractivity contribution in [1.82, 2.24) is 19.9 Å². The number of benzene rings is 3. The minimum Gasteiger partial charge on any atom is -0.465 e. The van der Waals surface area contributed by atoms with Crippen LogP contribution in [0.15, 0.2) is 72.9 Å². The summed E-state index contributed by atoms with van der Waals surface area (Å²) < 4.78 is 12.2. The maximum atomic E-state index is 12.5. The van der Waals surface area contributed by atoms with Gasteiger partial charge in [-0.05, 0) is 69.2 Å². The molecule has 2 heterocycles. The minimum atomic E-state index is -0.508. The number of carbonyl (C=O) groups is 2. The second kappa shape index (κ2) is 11.4. The first-order valence-electron chi connectivity index (χ1n) is 13.7. The second-order valence-corrected chi connectivity index (χ2v) is 11.2. The van der Waals surface area contributed by atoms with E-state index in [9.17, 15) is 9.59 Å². The molecule has 0 spiro atoms. The predicted octanol–water partition coefficient (Wildman–Crippen LogP) is 5.75. The van der Waals surface area contributed by atoms with Crippen LogP contribution in [0.4, 0.5) is 10.5 Å². The lowest BCUT2D eigenvalue weighted by atomic mass is 10.0. The zero-order valence-electron chi connectivity index (χ0n) is 24.1. The third-order valence-corrected chi connectivity index (χ3v) is 6.94. The fourth-order valence-electron chi connectivity index (χ4n) is 4.73. The van der Waals surface area contributed by atoms with Gasteiger partial charge in [-0.15, -0.1) is 5.10 Å². The van der Waals surface area contributed by atoms with Gasteiger partial charge >= 0.3 is 12.1 Å². The molecule has 0 bridgehead atoms. The first kappa shape index (κ1) is 27.9. The highest BCUT2D eigenvalue weighted by atomic mass is 16.6. The first-order chi connectivity index (χ1) is 19.6. The van der Waals surface area contributed by atoms with Gasteiger partial charge in [0, 0.05) is 37.4 Å². The Morgan fingerprint density at radius 2 is 1.46 bits per heavy atom. The van der Waals surface area contributed by atoms with Crippen LogP contribution in [0.5, 0.6) is 0 Å². The summed E-state index contributed by atoms with van der Waals surface area (Å²) in [5.74, 6) is -0.425. The normalized spacial score (nSPS) is 13.7. The van der Waals surface area contributed by atoms with E-state index >= 15 is 0 Å². The van der Waals surface area contributed by atoms with Gasteiger partial charge in [0.1, 0.15) is 11.3 Å². The van der Waals surface area contributed by atoms with Gasteiger partial charge < -0.3 is 19.3 Å². The molecule has 9 nitrogen and oxygen atoms in total. The summed E-state index contributed by atoms with van der Waals surface area (Å²) in [7, 11) is 1.37. The summed E-state index contributed by atoms with van der Waals surface area (Å²) in [6, 6.07) is 21.9. The Hall–Kier alpha value is -4.66. The van der Waals surface area contributed by atoms with Crippen molar-refractivity contribution < 1.29 is 19.1 Å². The number of rotatable bonds is 5. The molecular formula is C32H35N5O4. The quantitative estimate of drug-likeness (QED) is 0.291. The van der Waals surface area contributed by atoms with Gasteiger partial charge in [-0.2, -0.15) is 0 Å². The standard InChI is InChI=1S/C32H35N5O4/c1-22-6-8-24(9-7-22)29-21-37(34-33-29)28-19-25(18-26(20-28)30(38)40-5)23-10-12-27(13-11-23)35-14-16-36(17-15-35)31(39)41-32(2,3)4/h6-13,18-21H,14-17H2,1-5H3. The summed E-state index contributed by atoms with van der Waals surface area (Å²) in [6.45, 7) is 10.3. The Balaban J connectivity index is 1.35. The highest BCUT2D eigenvalue weighted by Gasteiger charge is 2.26. The molecule has 9 heteroatoms. The van der Waals surface area contributed by atoms with Crippen molar-refractivity contribution >= 4 is 17.7 Å². The lowest BCUT2D eigenvalue weighted by Crippen LogP contribution is -2.50. The molecule has 5 rings (SSSR count). The Morgan fingerprint density at radius 3 is 2.10 bits per heavy atom. The number of carbonyl (C=O) groups excluding carboxylic acids is 2. The van der Waals surface area contributed by atoms with Crippen molar-refractivity contribution in [3.63, 3.8) is 0 Å². The van der Waals surface area contributed by atoms with E-state index in [0.29, 0.717) is 24.3 Å². The topological polar surface area (TPSA) is 89.8 Å². The van der Waals surface area contributed by atoms with E-state index in [1.54, 1.807) is 15.6 Å². The molecule has 4 aromatic rings. The highest BCUT2D eigenvalue weighted by Crippen LogP contribution is 2.28. The Morgan fingerprint density at radius 1 is 0.805 bits per heavy atom. The molecule has 0 atom stereocenters. The zero-order valence-corrected chi connectivity index (χ0v) is 24.1. The number of ether oxygens (including phenoxy) is 2. The average Bonchev–Trinajstić information content (AvgIpc) is 3.47. The predicted molar refractivity (Wildman–Crippen MR) is 158 cm³/mol. The van der Waals surface area contributed by atoms with Gasteiger partial charge in [-0.3, -0.25) is 0 Å². The Bertz CT molecular complexity index is 1530. The molecule has 0 unspecified atom stereocenters. The lowest BCUT2D eigenvalue weighted by molar-refractivity contribution is 0.0240. The lowest BCUT2D eigenvalue weighted by Gasteiger charge is -2.36. The molecule has 0 aliphatic carbocycles. The third-order valence-electron chi connectivity index (χ3n) is 6.94. The van der Waals surface area contributed by atoms with Crippen molar-refractivity contribution in [2.45, 2.75) is 33.3 Å². The zero-order chi connectivity index (χ0) is 29.1. The molecule has 212 valence electrons. The molecular weight excluding hydrogens is 518 g/mol. The molecule has 1 fully saturated rings. The van der Waals surface area contributed by atoms with Crippen LogP contribution in [0.1, 0.15) is 36.7 Å². The molecule has 3 aromatic carbocycles. The smallest absolute Gasteiger partial charge is 0.410 e. The number of aromatic nitrogens is 3. The van der Waals surface area contributed by atoms with Crippen molar-refractivity contribution in [3.05, 3.63) is 84.1 Å². The maximum Gasteiger partial charge on any atom is 0.410 e. The number of hydrogen-bond acceptors (Lipinski definition) is 7. The van der Waals surface area contributed by atoms with Gasteiger partial charge in [0.05, 0.1) is 24.6 Å². The van der Waals surface area contributed by atoms with Crippen molar-refractivity contribution in [3.8, 4) is 28.1 Å². The van der Waals surface area contributed by atoms with E-state index in [1.165, 1.54) is 12.7 Å². The number of methoxy groups -OCH3 is 1. The summed E-state index contributed by atoms with van der Waals surface area (Å²) in [6.07, 6.45) is 1.58. The summed E-state index contributed by atoms with van der Waals surface area (Å²) >= 11 is 0. The van der Waals surface area contributed by atoms with E-state index < -0.39 is 11.6 Å². The van der Waals surface area contributed by atoms with Gasteiger partial charge in [-0.25, -0.2) is 14.3 Å². The largest absolute Gasteiger partial charge is 0.465 e. The van der Waals surface area contributed by atoms with Gasteiger partial charge in [-0.1, -0.05) is 47.2 Å². The van der Waals surface area contributed by atoms with Crippen LogP contribution in [0.25, 0.3) is 28.1 Å². The molecule has 1 aliphatic heterocycles. The van der Waals surface area contributed by atoms with Gasteiger partial charge in [0.2, 0.25) is 0 Å². The van der Waals surface area contributed by atoms with Crippen LogP contribution in [0, 0.1) is 6.92 Å². The molecule has 0 N–H and O–H groups in total. The fourth-order valence-corrected chi connectivity index (χ4v) is 4.73. The van der Waals surface area contributed by atoms with Crippen LogP contribution in [0.3, 0.4) is 0 Å². The van der Waals surface area contributed by atoms with E-state index in [-0.39, 0.29) is 6.09 Å². The third kappa shape index (κ3) is 6.57. The second-order valence-electron chi connectivity index (χ2n) is 11.2. The van der Waals surface area contributed by atoms with E-state index in [4.69, 9.17) is 9.47 Å². The van der Waals surface area contributed by atoms with Crippen LogP contribution in [0.2, 0.25) is 0 Å². The molecule has 0 saturated carbocycles. The number of hydrogen-bond donors (Lipinski definition) is 0. The van der Waals surface area contributed by atoms with Crippen molar-refractivity contribution in [2.75, 3.05) is 38.2 Å². The summed E-state index contributed by atoms with van der Waals surface area (Å²) in [4.78, 5) is 29.0. The number of amides is 1. The Labute approximate surface area is 240 Å². The van der Waals surface area contributed by atoms with Gasteiger partial charge in [0.15, 0.2) is 0 Å². The van der Waals surface area contributed by atoms with Crippen LogP contribution in [-0.2, 0) is 9.47 Å². The molecule has 1 saturated heterocycles. The molecule has 1 amide bonds. The summed E-state index contributed by atoms with van der Waals surface area (Å²) in [5.41, 5.74) is 6.38. The van der Waals surface area contributed by atoms with E-state index in [1.807, 2.05) is 82.4 Å². The highest BCUT2D eigenvalue weighted by molar-refractivity contribution is 5.92. The van der Waals surface area contributed by atoms with Crippen molar-refractivity contribution in [2.24, 2.45) is 0 Å². The molecule has 1 aromatic heterocycles. The fraction of sp³-hybridized carbons (Fsp3) is 0.312. The molecule has 0 radical (unpaired) electrons. The van der Waals surface area contributed by atoms with Crippen LogP contribution in [-0.4, -0.2) is 70.8 Å². The van der Waals surface area contributed by atoms with E-state index in [0.717, 1.165) is 41.2 Å². The van der Waals surface area contributed by atoms with Crippen molar-refractivity contribution in [1.29, 1.82) is 0 Å².